The maximum absolute atomic E-state index is 13.0. The van der Waals surface area contributed by atoms with Gasteiger partial charge in [0.2, 0.25) is 5.95 Å². The highest BCUT2D eigenvalue weighted by Crippen LogP contribution is 2.42. The minimum absolute atomic E-state index is 0.449. The highest BCUT2D eigenvalue weighted by atomic mass is 31.2. The monoisotopic (exact) mass is 479 g/mol. The molecule has 3 heterocycles. The van der Waals surface area contributed by atoms with Gasteiger partial charge in [-0.05, 0) is 62.2 Å². The van der Waals surface area contributed by atoms with E-state index in [0.717, 1.165) is 41.9 Å². The van der Waals surface area contributed by atoms with Crippen molar-refractivity contribution in [3.63, 3.8) is 0 Å². The zero-order valence-electron chi connectivity index (χ0n) is 20.0. The van der Waals surface area contributed by atoms with Crippen molar-refractivity contribution < 1.29 is 14.0 Å². The molecule has 1 N–H and O–H groups in total. The van der Waals surface area contributed by atoms with Crippen LogP contribution in [0.5, 0.6) is 11.5 Å². The first-order valence-electron chi connectivity index (χ1n) is 11.4. The molecule has 8 nitrogen and oxygen atoms in total. The third kappa shape index (κ3) is 4.36. The molecule has 0 fully saturated rings. The number of nitrogens with zero attached hydrogens (tertiary/aromatic N) is 4. The van der Waals surface area contributed by atoms with Crippen LogP contribution in [0.4, 0.5) is 23.1 Å². The number of ether oxygens (including phenoxy) is 2. The number of aromatic nitrogens is 2. The molecule has 0 unspecified atom stereocenters. The fourth-order valence-corrected chi connectivity index (χ4v) is 5.76. The van der Waals surface area contributed by atoms with Gasteiger partial charge >= 0.3 is 0 Å². The molecule has 0 bridgehead atoms. The van der Waals surface area contributed by atoms with Crippen LogP contribution in [0.25, 0.3) is 0 Å². The molecular weight excluding hydrogens is 449 g/mol. The molecule has 5 rings (SSSR count). The molecule has 0 radical (unpaired) electrons. The van der Waals surface area contributed by atoms with Crippen LogP contribution < -0.4 is 25.0 Å². The largest absolute Gasteiger partial charge is 0.495 e. The van der Waals surface area contributed by atoms with Crippen molar-refractivity contribution in [2.75, 3.05) is 57.4 Å². The molecule has 2 aromatic carbocycles. The van der Waals surface area contributed by atoms with E-state index in [2.05, 4.69) is 39.3 Å². The maximum atomic E-state index is 13.0. The Labute approximate surface area is 200 Å². The van der Waals surface area contributed by atoms with E-state index in [0.29, 0.717) is 30.7 Å². The molecule has 1 aromatic heterocycles. The lowest BCUT2D eigenvalue weighted by Crippen LogP contribution is -2.32. The summed E-state index contributed by atoms with van der Waals surface area (Å²) in [5.74, 6) is 2.47. The summed E-state index contributed by atoms with van der Waals surface area (Å²) in [6, 6.07) is 12.0. The van der Waals surface area contributed by atoms with Gasteiger partial charge in [0.15, 0.2) is 11.6 Å². The standard InChI is InChI=1S/C25H30N5O3P/c1-29-10-9-17-14-21(32-2)19(13-18(17)16-29)27-25-26-15-22-24(28-25)30(11-12-33-22)20-7-5-6-8-23(20)34(3,4)31/h5-8,13-15H,9-12,16H2,1-4H3,(H,26,27,28). The summed E-state index contributed by atoms with van der Waals surface area (Å²) >= 11 is 0. The molecule has 2 aliphatic heterocycles. The third-order valence-electron chi connectivity index (χ3n) is 6.29. The number of likely N-dealkylation sites (N-methyl/N-ethyl adjacent to an activating group) is 1. The minimum atomic E-state index is -2.49. The van der Waals surface area contributed by atoms with Crippen molar-refractivity contribution in [2.45, 2.75) is 13.0 Å². The van der Waals surface area contributed by atoms with Gasteiger partial charge in [0, 0.05) is 18.4 Å². The Hall–Kier alpha value is -3.09. The number of benzene rings is 2. The van der Waals surface area contributed by atoms with Gasteiger partial charge < -0.3 is 29.2 Å². The molecule has 34 heavy (non-hydrogen) atoms. The second-order valence-corrected chi connectivity index (χ2v) is 12.3. The summed E-state index contributed by atoms with van der Waals surface area (Å²) in [7, 11) is 1.32. The lowest BCUT2D eigenvalue weighted by molar-refractivity contribution is 0.310. The van der Waals surface area contributed by atoms with Crippen LogP contribution in [0.1, 0.15) is 11.1 Å². The average Bonchev–Trinajstić information content (AvgIpc) is 2.82. The number of nitrogens with one attached hydrogen (secondary N) is 1. The van der Waals surface area contributed by atoms with Gasteiger partial charge in [-0.1, -0.05) is 12.1 Å². The molecular formula is C25H30N5O3P. The normalized spacial score (nSPS) is 15.8. The molecule has 3 aromatic rings. The number of methoxy groups -OCH3 is 1. The van der Waals surface area contributed by atoms with Gasteiger partial charge in [-0.2, -0.15) is 4.98 Å². The first-order chi connectivity index (χ1) is 16.3. The number of rotatable bonds is 5. The van der Waals surface area contributed by atoms with E-state index in [1.165, 1.54) is 11.1 Å². The fourth-order valence-electron chi connectivity index (χ4n) is 4.57. The summed E-state index contributed by atoms with van der Waals surface area (Å²) in [4.78, 5) is 13.7. The predicted octanol–water partition coefficient (Wildman–Crippen LogP) is 4.00. The second kappa shape index (κ2) is 8.93. The smallest absolute Gasteiger partial charge is 0.229 e. The lowest BCUT2D eigenvalue weighted by Gasteiger charge is -2.32. The first kappa shape index (κ1) is 22.7. The summed E-state index contributed by atoms with van der Waals surface area (Å²) in [6.45, 7) is 6.62. The average molecular weight is 480 g/mol. The molecule has 0 atom stereocenters. The Balaban J connectivity index is 1.52. The van der Waals surface area contributed by atoms with Gasteiger partial charge in [-0.15, -0.1) is 0 Å². The van der Waals surface area contributed by atoms with Gasteiger partial charge in [0.25, 0.3) is 0 Å². The van der Waals surface area contributed by atoms with Crippen LogP contribution in [0.2, 0.25) is 0 Å². The third-order valence-corrected chi connectivity index (χ3v) is 7.83. The van der Waals surface area contributed by atoms with Crippen molar-refractivity contribution in [1.29, 1.82) is 0 Å². The maximum Gasteiger partial charge on any atom is 0.229 e. The molecule has 0 saturated carbocycles. The van der Waals surface area contributed by atoms with Crippen LogP contribution in [-0.2, 0) is 17.5 Å². The Morgan fingerprint density at radius 2 is 1.97 bits per heavy atom. The summed E-state index contributed by atoms with van der Waals surface area (Å²) in [5.41, 5.74) is 4.30. The van der Waals surface area contributed by atoms with Crippen LogP contribution in [0.15, 0.2) is 42.6 Å². The van der Waals surface area contributed by atoms with Gasteiger partial charge in [0.1, 0.15) is 19.5 Å². The molecule has 9 heteroatoms. The molecule has 0 spiro atoms. The minimum Gasteiger partial charge on any atom is -0.495 e. The Bertz CT molecular complexity index is 1280. The van der Waals surface area contributed by atoms with E-state index in [1.54, 1.807) is 26.6 Å². The van der Waals surface area contributed by atoms with Gasteiger partial charge in [-0.25, -0.2) is 4.98 Å². The second-order valence-electron chi connectivity index (χ2n) is 9.16. The number of hydrogen-bond donors (Lipinski definition) is 1. The predicted molar refractivity (Wildman–Crippen MR) is 136 cm³/mol. The van der Waals surface area contributed by atoms with E-state index in [4.69, 9.17) is 14.5 Å². The number of fused-ring (bicyclic) bond motifs is 2. The zero-order valence-corrected chi connectivity index (χ0v) is 20.9. The highest BCUT2D eigenvalue weighted by molar-refractivity contribution is 7.70. The lowest BCUT2D eigenvalue weighted by atomic mass is 9.99. The Morgan fingerprint density at radius 3 is 2.76 bits per heavy atom. The zero-order chi connectivity index (χ0) is 23.9. The number of anilines is 4. The van der Waals surface area contributed by atoms with Gasteiger partial charge in [0.05, 0.1) is 31.2 Å². The van der Waals surface area contributed by atoms with Crippen molar-refractivity contribution >= 4 is 35.6 Å². The van der Waals surface area contributed by atoms with E-state index in [1.807, 2.05) is 24.3 Å². The highest BCUT2D eigenvalue weighted by Gasteiger charge is 2.27. The van der Waals surface area contributed by atoms with E-state index >= 15 is 0 Å². The van der Waals surface area contributed by atoms with Crippen LogP contribution in [0, 0.1) is 0 Å². The van der Waals surface area contributed by atoms with Crippen molar-refractivity contribution in [1.82, 2.24) is 14.9 Å². The van der Waals surface area contributed by atoms with Crippen molar-refractivity contribution in [3.8, 4) is 11.5 Å². The topological polar surface area (TPSA) is 79.8 Å². The van der Waals surface area contributed by atoms with E-state index in [-0.39, 0.29) is 0 Å². The SMILES string of the molecule is COc1cc2c(cc1Nc1ncc3c(n1)N(c1ccccc1P(C)(C)=O)CCO3)CN(C)CC2. The molecule has 178 valence electrons. The van der Waals surface area contributed by atoms with Crippen molar-refractivity contribution in [3.05, 3.63) is 53.7 Å². The number of hydrogen-bond acceptors (Lipinski definition) is 8. The summed E-state index contributed by atoms with van der Waals surface area (Å²) in [5, 5.41) is 4.18. The Morgan fingerprint density at radius 1 is 1.15 bits per heavy atom. The van der Waals surface area contributed by atoms with Crippen LogP contribution in [-0.4, -0.2) is 62.1 Å². The molecule has 0 amide bonds. The van der Waals surface area contributed by atoms with Crippen molar-refractivity contribution in [2.24, 2.45) is 0 Å². The summed E-state index contributed by atoms with van der Waals surface area (Å²) in [6.07, 6.45) is 2.69. The van der Waals surface area contributed by atoms with Crippen LogP contribution in [0.3, 0.4) is 0 Å². The summed E-state index contributed by atoms with van der Waals surface area (Å²) < 4.78 is 24.5. The van der Waals surface area contributed by atoms with Crippen LogP contribution >= 0.6 is 7.14 Å². The molecule has 0 aliphatic carbocycles. The van der Waals surface area contributed by atoms with E-state index in [9.17, 15) is 4.57 Å². The fraction of sp³-hybridized carbons (Fsp3) is 0.360. The molecule has 0 saturated heterocycles. The first-order valence-corrected chi connectivity index (χ1v) is 14.0. The Kier molecular flexibility index (Phi) is 5.96. The van der Waals surface area contributed by atoms with E-state index < -0.39 is 7.14 Å². The number of para-hydroxylation sites is 1. The molecule has 2 aliphatic rings. The van der Waals surface area contributed by atoms with Gasteiger partial charge in [-0.3, -0.25) is 0 Å². The quantitative estimate of drug-likeness (QED) is 0.551.